The second-order valence-electron chi connectivity index (χ2n) is 3.73. The van der Waals surface area contributed by atoms with Gasteiger partial charge in [0.15, 0.2) is 0 Å². The Kier molecular flexibility index (Phi) is 2.50. The lowest BCUT2D eigenvalue weighted by atomic mass is 10.0. The summed E-state index contributed by atoms with van der Waals surface area (Å²) in [6.45, 7) is 2.94. The quantitative estimate of drug-likeness (QED) is 0.659. The predicted molar refractivity (Wildman–Crippen MR) is 60.4 cm³/mol. The van der Waals surface area contributed by atoms with E-state index in [2.05, 4.69) is 12.2 Å². The molecule has 0 radical (unpaired) electrons. The molecular weight excluding hydrogens is 197 g/mol. The summed E-state index contributed by atoms with van der Waals surface area (Å²) < 4.78 is 13.0. The van der Waals surface area contributed by atoms with Gasteiger partial charge in [-0.05, 0) is 23.8 Å². The lowest BCUT2D eigenvalue weighted by molar-refractivity contribution is 0.626. The van der Waals surface area contributed by atoms with Gasteiger partial charge in [-0.2, -0.15) is 0 Å². The smallest absolute Gasteiger partial charge is 0.123 e. The highest BCUT2D eigenvalue weighted by atomic mass is 32.1. The average molecular weight is 209 g/mol. The van der Waals surface area contributed by atoms with Crippen LogP contribution in [0.5, 0.6) is 0 Å². The van der Waals surface area contributed by atoms with E-state index in [0.717, 1.165) is 22.7 Å². The normalized spacial score (nSPS) is 21.0. The number of benzene rings is 1. The molecule has 3 heteroatoms. The second kappa shape index (κ2) is 3.65. The van der Waals surface area contributed by atoms with Gasteiger partial charge >= 0.3 is 0 Å². The number of rotatable bonds is 0. The molecule has 1 nitrogen and oxygen atoms in total. The van der Waals surface area contributed by atoms with Gasteiger partial charge in [0.2, 0.25) is 0 Å². The van der Waals surface area contributed by atoms with E-state index in [1.54, 1.807) is 12.1 Å². The first-order chi connectivity index (χ1) is 6.66. The van der Waals surface area contributed by atoms with Crippen molar-refractivity contribution in [1.82, 2.24) is 0 Å². The summed E-state index contributed by atoms with van der Waals surface area (Å²) >= 11 is 5.27. The third-order valence-electron chi connectivity index (χ3n) is 2.58. The van der Waals surface area contributed by atoms with Crippen molar-refractivity contribution in [2.45, 2.75) is 13.3 Å². The Morgan fingerprint density at radius 2 is 2.29 bits per heavy atom. The van der Waals surface area contributed by atoms with Gasteiger partial charge in [0.1, 0.15) is 5.82 Å². The van der Waals surface area contributed by atoms with Crippen molar-refractivity contribution >= 4 is 22.8 Å². The molecule has 74 valence electrons. The topological polar surface area (TPSA) is 12.0 Å². The maximum absolute atomic E-state index is 13.0. The fourth-order valence-electron chi connectivity index (χ4n) is 1.62. The molecule has 0 spiro atoms. The third-order valence-corrected chi connectivity index (χ3v) is 3.13. The monoisotopic (exact) mass is 209 g/mol. The minimum atomic E-state index is -0.192. The van der Waals surface area contributed by atoms with Gasteiger partial charge in [-0.1, -0.05) is 19.1 Å². The highest BCUT2D eigenvalue weighted by molar-refractivity contribution is 7.80. The molecule has 0 saturated heterocycles. The lowest BCUT2D eigenvalue weighted by Crippen LogP contribution is -2.16. The van der Waals surface area contributed by atoms with Crippen LogP contribution in [-0.2, 0) is 6.42 Å². The van der Waals surface area contributed by atoms with Gasteiger partial charge < -0.3 is 5.32 Å². The highest BCUT2D eigenvalue weighted by Crippen LogP contribution is 2.23. The molecule has 0 aliphatic carbocycles. The molecule has 1 unspecified atom stereocenters. The van der Waals surface area contributed by atoms with E-state index in [1.807, 2.05) is 0 Å². The van der Waals surface area contributed by atoms with Gasteiger partial charge in [-0.3, -0.25) is 0 Å². The lowest BCUT2D eigenvalue weighted by Gasteiger charge is -2.08. The van der Waals surface area contributed by atoms with Crippen molar-refractivity contribution in [2.24, 2.45) is 5.92 Å². The molecule has 2 rings (SSSR count). The summed E-state index contributed by atoms with van der Waals surface area (Å²) in [6, 6.07) is 4.82. The maximum Gasteiger partial charge on any atom is 0.123 e. The van der Waals surface area contributed by atoms with Crippen LogP contribution in [0.4, 0.5) is 10.1 Å². The van der Waals surface area contributed by atoms with E-state index in [-0.39, 0.29) is 5.82 Å². The van der Waals surface area contributed by atoms with Gasteiger partial charge in [0.25, 0.3) is 0 Å². The zero-order valence-electron chi connectivity index (χ0n) is 8.01. The molecule has 1 aromatic rings. The number of hydrogen-bond donors (Lipinski definition) is 1. The minimum absolute atomic E-state index is 0.192. The van der Waals surface area contributed by atoms with Crippen LogP contribution in [0, 0.1) is 11.7 Å². The Hall–Kier alpha value is -0.960. The van der Waals surface area contributed by atoms with Crippen LogP contribution in [0.1, 0.15) is 12.5 Å². The Morgan fingerprint density at radius 1 is 1.50 bits per heavy atom. The number of nitrogens with one attached hydrogen (secondary N) is 1. The zero-order valence-corrected chi connectivity index (χ0v) is 8.83. The minimum Gasteiger partial charge on any atom is -0.384 e. The van der Waals surface area contributed by atoms with Gasteiger partial charge in [0.05, 0.1) is 0 Å². The molecular formula is C11H12FNS. The summed E-state index contributed by atoms with van der Waals surface area (Å²) in [4.78, 5) is 1.00. The van der Waals surface area contributed by atoms with Crippen LogP contribution in [-0.4, -0.2) is 11.4 Å². The molecule has 0 fully saturated rings. The van der Waals surface area contributed by atoms with Crippen LogP contribution in [0.15, 0.2) is 18.2 Å². The molecule has 1 aromatic carbocycles. The SMILES string of the molecule is CC1CNc2ccc(F)cc2CC1=S. The number of anilines is 1. The van der Waals surface area contributed by atoms with Gasteiger partial charge in [-0.25, -0.2) is 4.39 Å². The Bertz CT molecular complexity index is 376. The summed E-state index contributed by atoms with van der Waals surface area (Å²) in [5, 5.41) is 3.28. The standard InChI is InChI=1S/C11H12FNS/c1-7-6-13-10-3-2-9(12)4-8(10)5-11(7)14/h2-4,7,13H,5-6H2,1H3. The summed E-state index contributed by atoms with van der Waals surface area (Å²) in [7, 11) is 0. The molecule has 0 saturated carbocycles. The fourth-order valence-corrected chi connectivity index (χ4v) is 1.86. The summed E-state index contributed by atoms with van der Waals surface area (Å²) in [5.74, 6) is 0.184. The number of thiocarbonyl (C=S) groups is 1. The first-order valence-electron chi connectivity index (χ1n) is 4.72. The van der Waals surface area contributed by atoms with E-state index >= 15 is 0 Å². The first-order valence-corrected chi connectivity index (χ1v) is 5.12. The summed E-state index contributed by atoms with van der Waals surface area (Å²) in [5.41, 5.74) is 1.98. The fraction of sp³-hybridized carbons (Fsp3) is 0.364. The largest absolute Gasteiger partial charge is 0.384 e. The average Bonchev–Trinajstić information content (AvgIpc) is 2.27. The molecule has 1 heterocycles. The molecule has 0 bridgehead atoms. The first kappa shape index (κ1) is 9.59. The molecule has 0 amide bonds. The summed E-state index contributed by atoms with van der Waals surface area (Å²) in [6.07, 6.45) is 0.705. The van der Waals surface area contributed by atoms with Gasteiger partial charge in [-0.15, -0.1) is 0 Å². The molecule has 1 aliphatic rings. The van der Waals surface area contributed by atoms with Crippen LogP contribution < -0.4 is 5.32 Å². The van der Waals surface area contributed by atoms with Crippen LogP contribution >= 0.6 is 12.2 Å². The molecule has 1 atom stereocenters. The van der Waals surface area contributed by atoms with Crippen LogP contribution in [0.25, 0.3) is 0 Å². The number of halogens is 1. The molecule has 14 heavy (non-hydrogen) atoms. The molecule has 0 aromatic heterocycles. The second-order valence-corrected chi connectivity index (χ2v) is 4.25. The molecule has 1 N–H and O–H groups in total. The van der Waals surface area contributed by atoms with Crippen LogP contribution in [0.2, 0.25) is 0 Å². The zero-order chi connectivity index (χ0) is 10.1. The number of fused-ring (bicyclic) bond motifs is 1. The Labute approximate surface area is 88.3 Å². The van der Waals surface area contributed by atoms with Gasteiger partial charge in [0, 0.05) is 29.4 Å². The van der Waals surface area contributed by atoms with E-state index in [1.165, 1.54) is 6.07 Å². The van der Waals surface area contributed by atoms with Crippen molar-refractivity contribution in [1.29, 1.82) is 0 Å². The van der Waals surface area contributed by atoms with Crippen molar-refractivity contribution in [3.05, 3.63) is 29.6 Å². The number of hydrogen-bond acceptors (Lipinski definition) is 2. The maximum atomic E-state index is 13.0. The van der Waals surface area contributed by atoms with E-state index < -0.39 is 0 Å². The Morgan fingerprint density at radius 3 is 3.07 bits per heavy atom. The predicted octanol–water partition coefficient (Wildman–Crippen LogP) is 2.80. The van der Waals surface area contributed by atoms with Crippen molar-refractivity contribution in [3.8, 4) is 0 Å². The highest BCUT2D eigenvalue weighted by Gasteiger charge is 2.16. The van der Waals surface area contributed by atoms with Crippen LogP contribution in [0.3, 0.4) is 0 Å². The Balaban J connectivity index is 2.38. The third kappa shape index (κ3) is 1.77. The van der Waals surface area contributed by atoms with E-state index in [4.69, 9.17) is 12.2 Å². The van der Waals surface area contributed by atoms with Crippen molar-refractivity contribution in [2.75, 3.05) is 11.9 Å². The van der Waals surface area contributed by atoms with Crippen molar-refractivity contribution < 1.29 is 4.39 Å². The van der Waals surface area contributed by atoms with Crippen molar-refractivity contribution in [3.63, 3.8) is 0 Å². The molecule has 1 aliphatic heterocycles. The van der Waals surface area contributed by atoms with E-state index in [9.17, 15) is 4.39 Å². The van der Waals surface area contributed by atoms with E-state index in [0.29, 0.717) is 12.3 Å².